The highest BCUT2D eigenvalue weighted by Crippen LogP contribution is 2.31. The van der Waals surface area contributed by atoms with E-state index in [0.29, 0.717) is 41.9 Å². The van der Waals surface area contributed by atoms with Crippen LogP contribution in [0.1, 0.15) is 11.7 Å². The molecule has 168 valence electrons. The highest BCUT2D eigenvalue weighted by Gasteiger charge is 2.23. The van der Waals surface area contributed by atoms with Crippen LogP contribution in [0.25, 0.3) is 28.1 Å². The molecule has 0 spiro atoms. The zero-order valence-corrected chi connectivity index (χ0v) is 18.7. The average molecular weight is 463 g/mol. The molecule has 10 heteroatoms. The van der Waals surface area contributed by atoms with Crippen molar-refractivity contribution in [2.24, 2.45) is 0 Å². The molecule has 1 aliphatic heterocycles. The number of fused-ring (bicyclic) bond motifs is 1. The SMILES string of the molecule is CS(=O)c1cn(-c2ncc(-c3cc(N)ccn3)cn2)c2cc(C3CN(C=O)CCO3)ccc12. The molecule has 0 bridgehead atoms. The van der Waals surface area contributed by atoms with Gasteiger partial charge < -0.3 is 15.4 Å². The van der Waals surface area contributed by atoms with Crippen LogP contribution >= 0.6 is 0 Å². The van der Waals surface area contributed by atoms with Crippen LogP contribution in [0.2, 0.25) is 0 Å². The number of benzene rings is 1. The van der Waals surface area contributed by atoms with Crippen molar-refractivity contribution >= 4 is 33.8 Å². The summed E-state index contributed by atoms with van der Waals surface area (Å²) >= 11 is 0. The molecule has 33 heavy (non-hydrogen) atoms. The molecule has 1 aromatic carbocycles. The molecule has 1 aliphatic rings. The van der Waals surface area contributed by atoms with E-state index in [9.17, 15) is 9.00 Å². The van der Waals surface area contributed by atoms with Crippen molar-refractivity contribution in [3.05, 3.63) is 60.7 Å². The van der Waals surface area contributed by atoms with Gasteiger partial charge in [0, 0.05) is 54.2 Å². The molecule has 2 unspecified atom stereocenters. The predicted octanol–water partition coefficient (Wildman–Crippen LogP) is 2.33. The molecule has 1 amide bonds. The van der Waals surface area contributed by atoms with Crippen LogP contribution in [0.15, 0.2) is 60.0 Å². The van der Waals surface area contributed by atoms with Gasteiger partial charge in [-0.1, -0.05) is 12.1 Å². The Balaban J connectivity index is 1.56. The number of ether oxygens (including phenoxy) is 1. The van der Waals surface area contributed by atoms with E-state index in [1.807, 2.05) is 22.8 Å². The van der Waals surface area contributed by atoms with Gasteiger partial charge in [0.2, 0.25) is 12.4 Å². The van der Waals surface area contributed by atoms with Gasteiger partial charge >= 0.3 is 0 Å². The van der Waals surface area contributed by atoms with Gasteiger partial charge in [-0.15, -0.1) is 0 Å². The van der Waals surface area contributed by atoms with Crippen LogP contribution < -0.4 is 5.73 Å². The molecule has 0 saturated carbocycles. The molecule has 1 fully saturated rings. The smallest absolute Gasteiger partial charge is 0.234 e. The summed E-state index contributed by atoms with van der Waals surface area (Å²) in [5.41, 5.74) is 9.65. The van der Waals surface area contributed by atoms with Gasteiger partial charge in [0.1, 0.15) is 6.10 Å². The van der Waals surface area contributed by atoms with Crippen LogP contribution in [0.5, 0.6) is 0 Å². The van der Waals surface area contributed by atoms with Gasteiger partial charge in [0.05, 0.1) is 40.1 Å². The Morgan fingerprint density at radius 3 is 2.73 bits per heavy atom. The quantitative estimate of drug-likeness (QED) is 0.453. The normalized spacial score (nSPS) is 17.2. The molecule has 9 nitrogen and oxygen atoms in total. The zero-order chi connectivity index (χ0) is 22.9. The Kier molecular flexibility index (Phi) is 5.61. The fourth-order valence-corrected chi connectivity index (χ4v) is 4.69. The highest BCUT2D eigenvalue weighted by atomic mass is 32.2. The summed E-state index contributed by atoms with van der Waals surface area (Å²) in [6.45, 7) is 1.55. The minimum Gasteiger partial charge on any atom is -0.399 e. The fourth-order valence-electron chi connectivity index (χ4n) is 3.96. The maximum Gasteiger partial charge on any atom is 0.234 e. The Morgan fingerprint density at radius 2 is 2.00 bits per heavy atom. The third kappa shape index (κ3) is 4.10. The predicted molar refractivity (Wildman–Crippen MR) is 125 cm³/mol. The van der Waals surface area contributed by atoms with E-state index in [2.05, 4.69) is 15.0 Å². The summed E-state index contributed by atoms with van der Waals surface area (Å²) < 4.78 is 20.1. The number of nitrogens with zero attached hydrogens (tertiary/aromatic N) is 5. The second kappa shape index (κ2) is 8.72. The van der Waals surface area contributed by atoms with Gasteiger partial charge in [-0.25, -0.2) is 9.97 Å². The largest absolute Gasteiger partial charge is 0.399 e. The number of hydrogen-bond donors (Lipinski definition) is 1. The lowest BCUT2D eigenvalue weighted by Gasteiger charge is -2.30. The number of aromatic nitrogens is 4. The van der Waals surface area contributed by atoms with Crippen molar-refractivity contribution in [2.45, 2.75) is 11.0 Å². The summed E-state index contributed by atoms with van der Waals surface area (Å²) in [5, 5.41) is 0.854. The second-order valence-corrected chi connectivity index (χ2v) is 9.15. The number of pyridine rings is 1. The molecular weight excluding hydrogens is 440 g/mol. The van der Waals surface area contributed by atoms with E-state index in [0.717, 1.165) is 28.4 Å². The number of nitrogen functional groups attached to an aromatic ring is 1. The van der Waals surface area contributed by atoms with Crippen LogP contribution in [0, 0.1) is 0 Å². The fraction of sp³-hybridized carbons (Fsp3) is 0.217. The van der Waals surface area contributed by atoms with Gasteiger partial charge in [-0.2, -0.15) is 0 Å². The van der Waals surface area contributed by atoms with Crippen LogP contribution in [-0.4, -0.2) is 61.0 Å². The number of carbonyl (C=O) groups excluding carboxylic acids is 1. The van der Waals surface area contributed by atoms with Crippen molar-refractivity contribution < 1.29 is 13.7 Å². The molecule has 4 aromatic rings. The summed E-state index contributed by atoms with van der Waals surface area (Å²) in [4.78, 5) is 27.0. The van der Waals surface area contributed by atoms with Crippen LogP contribution in [-0.2, 0) is 20.3 Å². The molecule has 2 N–H and O–H groups in total. The maximum atomic E-state index is 12.4. The van der Waals surface area contributed by atoms with E-state index < -0.39 is 10.8 Å². The van der Waals surface area contributed by atoms with Crippen LogP contribution in [0.3, 0.4) is 0 Å². The Hall–Kier alpha value is -3.63. The van der Waals surface area contributed by atoms with Crippen molar-refractivity contribution in [2.75, 3.05) is 31.7 Å². The lowest BCUT2D eigenvalue weighted by Crippen LogP contribution is -2.37. The number of rotatable bonds is 5. The topological polar surface area (TPSA) is 116 Å². The molecule has 0 radical (unpaired) electrons. The van der Waals surface area contributed by atoms with Gasteiger partial charge in [-0.05, 0) is 23.8 Å². The first-order valence-corrected chi connectivity index (χ1v) is 11.9. The van der Waals surface area contributed by atoms with Gasteiger partial charge in [0.25, 0.3) is 0 Å². The second-order valence-electron chi connectivity index (χ2n) is 7.80. The number of carbonyl (C=O) groups is 1. The number of hydrogen-bond acceptors (Lipinski definition) is 7. The lowest BCUT2D eigenvalue weighted by molar-refractivity contribution is -0.125. The molecule has 4 heterocycles. The number of morpholine rings is 1. The van der Waals surface area contributed by atoms with Crippen molar-refractivity contribution in [3.63, 3.8) is 0 Å². The summed E-state index contributed by atoms with van der Waals surface area (Å²) in [7, 11) is -1.20. The molecule has 2 atom stereocenters. The molecule has 5 rings (SSSR count). The van der Waals surface area contributed by atoms with Crippen LogP contribution in [0.4, 0.5) is 5.69 Å². The van der Waals surface area contributed by atoms with E-state index in [-0.39, 0.29) is 6.10 Å². The van der Waals surface area contributed by atoms with Gasteiger partial charge in [-0.3, -0.25) is 18.6 Å². The standard InChI is InChI=1S/C23H22N6O3S/c1-33(31)22-13-29(23-26-10-16(11-27-23)19-9-17(24)4-5-25-19)20-8-15(2-3-18(20)22)21-12-28(14-30)6-7-32-21/h2-5,8-11,13-14,21H,6-7,12H2,1H3,(H2,24,25). The number of amides is 1. The molecule has 0 aliphatic carbocycles. The summed E-state index contributed by atoms with van der Waals surface area (Å²) in [6.07, 6.45) is 9.08. The Morgan fingerprint density at radius 1 is 1.18 bits per heavy atom. The van der Waals surface area contributed by atoms with E-state index in [4.69, 9.17) is 10.5 Å². The minimum atomic E-state index is -1.20. The van der Waals surface area contributed by atoms with Crippen molar-refractivity contribution in [3.8, 4) is 17.2 Å². The first-order valence-electron chi connectivity index (χ1n) is 10.4. The van der Waals surface area contributed by atoms with Crippen molar-refractivity contribution in [1.29, 1.82) is 0 Å². The highest BCUT2D eigenvalue weighted by molar-refractivity contribution is 7.84. The monoisotopic (exact) mass is 462 g/mol. The summed E-state index contributed by atoms with van der Waals surface area (Å²) in [5.74, 6) is 0.445. The first kappa shape index (κ1) is 21.2. The molecule has 1 saturated heterocycles. The lowest BCUT2D eigenvalue weighted by atomic mass is 10.1. The zero-order valence-electron chi connectivity index (χ0n) is 17.9. The Labute approximate surface area is 192 Å². The molecule has 3 aromatic heterocycles. The number of anilines is 1. The molecular formula is C23H22N6O3S. The van der Waals surface area contributed by atoms with Crippen molar-refractivity contribution in [1.82, 2.24) is 24.4 Å². The van der Waals surface area contributed by atoms with E-state index in [1.165, 1.54) is 0 Å². The third-order valence-electron chi connectivity index (χ3n) is 5.65. The average Bonchev–Trinajstić information content (AvgIpc) is 3.23. The minimum absolute atomic E-state index is 0.231. The number of nitrogens with two attached hydrogens (primary N) is 1. The van der Waals surface area contributed by atoms with Gasteiger partial charge in [0.15, 0.2) is 0 Å². The van der Waals surface area contributed by atoms with E-state index >= 15 is 0 Å². The Bertz CT molecular complexity index is 1350. The first-order chi connectivity index (χ1) is 16.0. The summed E-state index contributed by atoms with van der Waals surface area (Å²) in [6, 6.07) is 9.37. The van der Waals surface area contributed by atoms with E-state index in [1.54, 1.807) is 48.1 Å². The third-order valence-corrected chi connectivity index (χ3v) is 6.60. The maximum absolute atomic E-state index is 12.4.